The van der Waals surface area contributed by atoms with E-state index in [0.717, 1.165) is 43.0 Å². The fourth-order valence-electron chi connectivity index (χ4n) is 4.04. The molecular weight excluding hydrogens is 424 g/mol. The Morgan fingerprint density at radius 2 is 1.97 bits per heavy atom. The van der Waals surface area contributed by atoms with Gasteiger partial charge < -0.3 is 14.3 Å². The van der Waals surface area contributed by atoms with Crippen molar-refractivity contribution in [1.82, 2.24) is 9.55 Å². The lowest BCUT2D eigenvalue weighted by Crippen LogP contribution is -2.12. The molecule has 1 N–H and O–H groups in total. The minimum Gasteiger partial charge on any atom is -0.449 e. The Morgan fingerprint density at radius 1 is 1.21 bits per heavy atom. The van der Waals surface area contributed by atoms with Gasteiger partial charge in [0.05, 0.1) is 17.7 Å². The second-order valence-corrected chi connectivity index (χ2v) is 7.99. The van der Waals surface area contributed by atoms with Gasteiger partial charge in [0.2, 0.25) is 0 Å². The third kappa shape index (κ3) is 4.87. The normalized spacial score (nSPS) is 15.1. The standard InChI is InChI=1S/C26H25F2N3O2/c1-3-18(27)13-12-17(2)24-25(31(16-29-24)19-8-4-5-9-19)22-14-15-23(33-22)26(32)30-21-11-7-6-10-20(21)28/h3,6-7,10-16,19H,1,4-5,8-9H2,2H3,(H,30,32)/b17-12+,18-13+. The van der Waals surface area contributed by atoms with Crippen molar-refractivity contribution in [3.05, 3.63) is 90.6 Å². The predicted molar refractivity (Wildman–Crippen MR) is 125 cm³/mol. The number of hydrogen-bond donors (Lipinski definition) is 1. The Balaban J connectivity index is 1.69. The van der Waals surface area contributed by atoms with Gasteiger partial charge in [0, 0.05) is 6.04 Å². The molecule has 5 nitrogen and oxygen atoms in total. The Morgan fingerprint density at radius 3 is 2.70 bits per heavy atom. The van der Waals surface area contributed by atoms with Gasteiger partial charge in [0.15, 0.2) is 11.5 Å². The maximum atomic E-state index is 13.9. The van der Waals surface area contributed by atoms with Gasteiger partial charge in [-0.05, 0) is 61.8 Å². The van der Waals surface area contributed by atoms with E-state index in [-0.39, 0.29) is 17.5 Å². The van der Waals surface area contributed by atoms with Crippen molar-refractivity contribution in [3.63, 3.8) is 0 Å². The summed E-state index contributed by atoms with van der Waals surface area (Å²) in [7, 11) is 0. The first-order valence-electron chi connectivity index (χ1n) is 10.9. The number of carbonyl (C=O) groups excluding carboxylic acids is 1. The summed E-state index contributed by atoms with van der Waals surface area (Å²) in [5.41, 5.74) is 2.19. The molecule has 2 aromatic heterocycles. The fraction of sp³-hybridized carbons (Fsp3) is 0.231. The number of imidazole rings is 1. The largest absolute Gasteiger partial charge is 0.449 e. The van der Waals surface area contributed by atoms with Crippen LogP contribution >= 0.6 is 0 Å². The first-order valence-corrected chi connectivity index (χ1v) is 10.9. The van der Waals surface area contributed by atoms with Crippen LogP contribution in [0.4, 0.5) is 14.5 Å². The van der Waals surface area contributed by atoms with Gasteiger partial charge in [-0.15, -0.1) is 0 Å². The molecule has 1 aromatic carbocycles. The second kappa shape index (κ2) is 9.81. The molecule has 2 heterocycles. The lowest BCUT2D eigenvalue weighted by molar-refractivity contribution is 0.0997. The van der Waals surface area contributed by atoms with Crippen LogP contribution in [0.5, 0.6) is 0 Å². The molecule has 3 aromatic rings. The van der Waals surface area contributed by atoms with Gasteiger partial charge in [0.25, 0.3) is 5.91 Å². The maximum Gasteiger partial charge on any atom is 0.291 e. The molecule has 1 aliphatic rings. The maximum absolute atomic E-state index is 13.9. The quantitative estimate of drug-likeness (QED) is 0.392. The molecule has 7 heteroatoms. The number of nitrogens with zero attached hydrogens (tertiary/aromatic N) is 2. The molecule has 0 unspecified atom stereocenters. The highest BCUT2D eigenvalue weighted by atomic mass is 19.1. The summed E-state index contributed by atoms with van der Waals surface area (Å²) < 4.78 is 35.5. The minimum absolute atomic E-state index is 0.0533. The molecule has 1 fully saturated rings. The SMILES string of the molecule is C=C/C(F)=C\C=C(/C)c1ncn(C2CCCC2)c1-c1ccc(C(=O)Nc2ccccc2F)o1. The number of rotatable bonds is 7. The van der Waals surface area contributed by atoms with Crippen LogP contribution in [-0.4, -0.2) is 15.5 Å². The molecule has 1 amide bonds. The highest BCUT2D eigenvalue weighted by Gasteiger charge is 2.25. The number of hydrogen-bond acceptors (Lipinski definition) is 3. The first kappa shape index (κ1) is 22.5. The average molecular weight is 450 g/mol. The van der Waals surface area contributed by atoms with Crippen molar-refractivity contribution in [3.8, 4) is 11.5 Å². The summed E-state index contributed by atoms with van der Waals surface area (Å²) in [4.78, 5) is 17.2. The summed E-state index contributed by atoms with van der Waals surface area (Å²) >= 11 is 0. The van der Waals surface area contributed by atoms with Crippen LogP contribution in [0.25, 0.3) is 17.0 Å². The summed E-state index contributed by atoms with van der Waals surface area (Å²) in [5.74, 6) is -1.01. The summed E-state index contributed by atoms with van der Waals surface area (Å²) in [6, 6.07) is 9.47. The highest BCUT2D eigenvalue weighted by molar-refractivity contribution is 6.02. The molecule has 170 valence electrons. The molecule has 0 aliphatic heterocycles. The molecule has 33 heavy (non-hydrogen) atoms. The number of anilines is 1. The van der Waals surface area contributed by atoms with Gasteiger partial charge in [0.1, 0.15) is 17.3 Å². The summed E-state index contributed by atoms with van der Waals surface area (Å²) in [5, 5.41) is 2.53. The number of furan rings is 1. The summed E-state index contributed by atoms with van der Waals surface area (Å²) in [6.07, 6.45) is 10.2. The van der Waals surface area contributed by atoms with Crippen LogP contribution in [0.15, 0.2) is 77.8 Å². The Bertz CT molecular complexity index is 1230. The lowest BCUT2D eigenvalue weighted by Gasteiger charge is -2.15. The Kier molecular flexibility index (Phi) is 6.68. The zero-order chi connectivity index (χ0) is 23.4. The van der Waals surface area contributed by atoms with Gasteiger partial charge in [-0.25, -0.2) is 13.8 Å². The van der Waals surface area contributed by atoms with Crippen molar-refractivity contribution >= 4 is 17.2 Å². The van der Waals surface area contributed by atoms with E-state index < -0.39 is 17.6 Å². The molecule has 0 atom stereocenters. The van der Waals surface area contributed by atoms with Crippen molar-refractivity contribution < 1.29 is 18.0 Å². The number of allylic oxidation sites excluding steroid dienone is 5. The third-order valence-corrected chi connectivity index (χ3v) is 5.76. The van der Waals surface area contributed by atoms with Crippen LogP contribution in [-0.2, 0) is 0 Å². The van der Waals surface area contributed by atoms with Crippen LogP contribution in [0.2, 0.25) is 0 Å². The minimum atomic E-state index is -0.553. The van der Waals surface area contributed by atoms with E-state index in [9.17, 15) is 13.6 Å². The van der Waals surface area contributed by atoms with Crippen molar-refractivity contribution in [2.45, 2.75) is 38.6 Å². The number of amides is 1. The van der Waals surface area contributed by atoms with E-state index in [2.05, 4.69) is 21.4 Å². The van der Waals surface area contributed by atoms with Crippen LogP contribution in [0, 0.1) is 5.82 Å². The summed E-state index contributed by atoms with van der Waals surface area (Å²) in [6.45, 7) is 5.26. The molecule has 0 spiro atoms. The van der Waals surface area contributed by atoms with Crippen LogP contribution in [0.1, 0.15) is 54.9 Å². The average Bonchev–Trinajstić information content (AvgIpc) is 3.58. The van der Waals surface area contributed by atoms with Crippen LogP contribution in [0.3, 0.4) is 0 Å². The number of para-hydroxylation sites is 1. The predicted octanol–water partition coefficient (Wildman–Crippen LogP) is 7.09. The number of aromatic nitrogens is 2. The Hall–Kier alpha value is -3.74. The lowest BCUT2D eigenvalue weighted by atomic mass is 10.1. The second-order valence-electron chi connectivity index (χ2n) is 7.99. The molecule has 1 aliphatic carbocycles. The van der Waals surface area contributed by atoms with E-state index in [0.29, 0.717) is 11.5 Å². The third-order valence-electron chi connectivity index (χ3n) is 5.76. The monoisotopic (exact) mass is 449 g/mol. The topological polar surface area (TPSA) is 60.1 Å². The number of halogens is 2. The van der Waals surface area contributed by atoms with Gasteiger partial charge in [-0.2, -0.15) is 0 Å². The van der Waals surface area contributed by atoms with Crippen molar-refractivity contribution in [2.24, 2.45) is 0 Å². The van der Waals surface area contributed by atoms with Gasteiger partial charge in [-0.1, -0.05) is 37.6 Å². The first-order chi connectivity index (χ1) is 16.0. The number of nitrogens with one attached hydrogen (secondary N) is 1. The zero-order valence-corrected chi connectivity index (χ0v) is 18.4. The highest BCUT2D eigenvalue weighted by Crippen LogP contribution is 2.37. The Labute approximate surface area is 191 Å². The van der Waals surface area contributed by atoms with Gasteiger partial charge >= 0.3 is 0 Å². The van der Waals surface area contributed by atoms with Gasteiger partial charge in [-0.3, -0.25) is 4.79 Å². The van der Waals surface area contributed by atoms with E-state index in [1.807, 2.05) is 6.92 Å². The smallest absolute Gasteiger partial charge is 0.291 e. The molecular formula is C26H25F2N3O2. The van der Waals surface area contributed by atoms with Crippen molar-refractivity contribution in [2.75, 3.05) is 5.32 Å². The number of benzene rings is 1. The number of carbonyl (C=O) groups is 1. The molecule has 0 radical (unpaired) electrons. The molecule has 4 rings (SSSR count). The van der Waals surface area contributed by atoms with Crippen molar-refractivity contribution in [1.29, 1.82) is 0 Å². The van der Waals surface area contributed by atoms with E-state index >= 15 is 0 Å². The van der Waals surface area contributed by atoms with E-state index in [1.54, 1.807) is 36.7 Å². The molecule has 0 bridgehead atoms. The van der Waals surface area contributed by atoms with E-state index in [4.69, 9.17) is 4.42 Å². The molecule has 0 saturated heterocycles. The van der Waals surface area contributed by atoms with E-state index in [1.165, 1.54) is 18.2 Å². The van der Waals surface area contributed by atoms with Crippen LogP contribution < -0.4 is 5.32 Å². The zero-order valence-electron chi connectivity index (χ0n) is 18.4. The molecule has 1 saturated carbocycles. The fourth-order valence-corrected chi connectivity index (χ4v) is 4.04.